The number of amides is 1. The fraction of sp³-hybridized carbons (Fsp3) is 0.720. The SMILES string of the molecule is O=C(CCCCC1CCOCC1)N[C@H](CN1CCCC1)[C@H](O)c1ccc2c(c1)OCCO2. The highest BCUT2D eigenvalue weighted by Crippen LogP contribution is 2.33. The van der Waals surface area contributed by atoms with E-state index < -0.39 is 6.10 Å². The third-order valence-corrected chi connectivity index (χ3v) is 6.90. The second kappa shape index (κ2) is 11.9. The molecule has 0 aliphatic carbocycles. The van der Waals surface area contributed by atoms with Crippen LogP contribution in [0.15, 0.2) is 18.2 Å². The lowest BCUT2D eigenvalue weighted by molar-refractivity contribution is -0.123. The zero-order chi connectivity index (χ0) is 22.2. The number of nitrogens with zero attached hydrogens (tertiary/aromatic N) is 1. The summed E-state index contributed by atoms with van der Waals surface area (Å²) < 4.78 is 16.7. The fourth-order valence-electron chi connectivity index (χ4n) is 4.98. The van der Waals surface area contributed by atoms with Crippen molar-refractivity contribution in [2.45, 2.75) is 63.5 Å². The van der Waals surface area contributed by atoms with E-state index in [9.17, 15) is 9.90 Å². The molecule has 7 heteroatoms. The van der Waals surface area contributed by atoms with Crippen LogP contribution < -0.4 is 14.8 Å². The molecule has 1 amide bonds. The Balaban J connectivity index is 1.31. The molecule has 2 saturated heterocycles. The van der Waals surface area contributed by atoms with Crippen LogP contribution in [0.5, 0.6) is 11.5 Å². The van der Waals surface area contributed by atoms with Crippen molar-refractivity contribution in [3.05, 3.63) is 23.8 Å². The molecule has 0 radical (unpaired) electrons. The topological polar surface area (TPSA) is 80.3 Å². The first kappa shape index (κ1) is 23.3. The van der Waals surface area contributed by atoms with Crippen LogP contribution in [0.2, 0.25) is 0 Å². The summed E-state index contributed by atoms with van der Waals surface area (Å²) in [6.45, 7) is 5.49. The summed E-state index contributed by atoms with van der Waals surface area (Å²) in [7, 11) is 0. The van der Waals surface area contributed by atoms with E-state index in [2.05, 4.69) is 10.2 Å². The van der Waals surface area contributed by atoms with Crippen molar-refractivity contribution in [3.8, 4) is 11.5 Å². The molecule has 4 rings (SSSR count). The Bertz CT molecular complexity index is 731. The molecule has 178 valence electrons. The Morgan fingerprint density at radius 2 is 1.81 bits per heavy atom. The second-order valence-corrected chi connectivity index (χ2v) is 9.33. The van der Waals surface area contributed by atoms with Crippen LogP contribution >= 0.6 is 0 Å². The van der Waals surface area contributed by atoms with Crippen molar-refractivity contribution in [3.63, 3.8) is 0 Å². The molecule has 0 saturated carbocycles. The third kappa shape index (κ3) is 6.59. The molecule has 3 aliphatic heterocycles. The lowest BCUT2D eigenvalue weighted by Crippen LogP contribution is -2.46. The van der Waals surface area contributed by atoms with E-state index in [1.54, 1.807) is 0 Å². The van der Waals surface area contributed by atoms with Crippen LogP contribution in [-0.4, -0.2) is 68.0 Å². The Hall–Kier alpha value is -1.83. The number of rotatable bonds is 10. The van der Waals surface area contributed by atoms with Gasteiger partial charge in [0.05, 0.1) is 6.04 Å². The van der Waals surface area contributed by atoms with Gasteiger partial charge in [-0.25, -0.2) is 0 Å². The molecule has 0 bridgehead atoms. The summed E-state index contributed by atoms with van der Waals surface area (Å²) in [4.78, 5) is 15.1. The first-order chi connectivity index (χ1) is 15.7. The number of carbonyl (C=O) groups is 1. The van der Waals surface area contributed by atoms with Crippen LogP contribution in [0.25, 0.3) is 0 Å². The molecular formula is C25H38N2O5. The Kier molecular flexibility index (Phi) is 8.65. The van der Waals surface area contributed by atoms with Gasteiger partial charge in [0.1, 0.15) is 19.3 Å². The van der Waals surface area contributed by atoms with Crippen LogP contribution in [0.3, 0.4) is 0 Å². The molecule has 1 aromatic rings. The van der Waals surface area contributed by atoms with Gasteiger partial charge in [-0.05, 0) is 68.8 Å². The standard InChI is InChI=1S/C25H38N2O5/c28-24(6-2-1-5-19-9-13-30-14-10-19)26-21(18-27-11-3-4-12-27)25(29)20-7-8-22-23(17-20)32-16-15-31-22/h7-8,17,19,21,25,29H,1-6,9-16,18H2,(H,26,28)/t21-,25-/m1/s1. The average Bonchev–Trinajstić information content (AvgIpc) is 3.34. The van der Waals surface area contributed by atoms with Crippen molar-refractivity contribution in [1.29, 1.82) is 0 Å². The van der Waals surface area contributed by atoms with Gasteiger partial charge in [0.15, 0.2) is 11.5 Å². The van der Waals surface area contributed by atoms with Crippen LogP contribution in [0.1, 0.15) is 63.0 Å². The zero-order valence-corrected chi connectivity index (χ0v) is 19.1. The predicted octanol–water partition coefficient (Wildman–Crippen LogP) is 3.06. The molecule has 3 aliphatic rings. The minimum Gasteiger partial charge on any atom is -0.486 e. The smallest absolute Gasteiger partial charge is 0.220 e. The normalized spacial score (nSPS) is 21.3. The van der Waals surface area contributed by atoms with Gasteiger partial charge in [-0.15, -0.1) is 0 Å². The summed E-state index contributed by atoms with van der Waals surface area (Å²) in [5, 5.41) is 14.3. The first-order valence-corrected chi connectivity index (χ1v) is 12.4. The fourth-order valence-corrected chi connectivity index (χ4v) is 4.98. The third-order valence-electron chi connectivity index (χ3n) is 6.90. The first-order valence-electron chi connectivity index (χ1n) is 12.4. The second-order valence-electron chi connectivity index (χ2n) is 9.33. The predicted molar refractivity (Wildman–Crippen MR) is 122 cm³/mol. The maximum absolute atomic E-state index is 12.7. The van der Waals surface area contributed by atoms with Gasteiger partial charge in [-0.1, -0.05) is 18.9 Å². The van der Waals surface area contributed by atoms with Crippen LogP contribution in [0, 0.1) is 5.92 Å². The summed E-state index contributed by atoms with van der Waals surface area (Å²) in [6.07, 6.45) is 7.48. The average molecular weight is 447 g/mol. The highest BCUT2D eigenvalue weighted by atomic mass is 16.6. The maximum atomic E-state index is 12.7. The van der Waals surface area contributed by atoms with Gasteiger partial charge >= 0.3 is 0 Å². The molecule has 2 N–H and O–H groups in total. The van der Waals surface area contributed by atoms with Crippen molar-refractivity contribution in [2.75, 3.05) is 46.1 Å². The van der Waals surface area contributed by atoms with E-state index in [4.69, 9.17) is 14.2 Å². The maximum Gasteiger partial charge on any atom is 0.220 e. The molecule has 0 spiro atoms. The molecule has 32 heavy (non-hydrogen) atoms. The van der Waals surface area contributed by atoms with Crippen molar-refractivity contribution in [2.24, 2.45) is 5.92 Å². The number of benzene rings is 1. The van der Waals surface area contributed by atoms with E-state index in [1.165, 1.54) is 19.3 Å². The number of ether oxygens (including phenoxy) is 3. The minimum atomic E-state index is -0.794. The van der Waals surface area contributed by atoms with Crippen molar-refractivity contribution < 1.29 is 24.1 Å². The number of aliphatic hydroxyl groups is 1. The molecule has 2 atom stereocenters. The number of carbonyl (C=O) groups excluding carboxylic acids is 1. The quantitative estimate of drug-likeness (QED) is 0.538. The van der Waals surface area contributed by atoms with E-state index in [0.29, 0.717) is 37.7 Å². The lowest BCUT2D eigenvalue weighted by atomic mass is 9.94. The zero-order valence-electron chi connectivity index (χ0n) is 19.1. The number of likely N-dealkylation sites (tertiary alicyclic amines) is 1. The molecular weight excluding hydrogens is 408 g/mol. The minimum absolute atomic E-state index is 0.0257. The Morgan fingerprint density at radius 1 is 1.06 bits per heavy atom. The van der Waals surface area contributed by atoms with E-state index >= 15 is 0 Å². The van der Waals surface area contributed by atoms with Crippen LogP contribution in [0.4, 0.5) is 0 Å². The Morgan fingerprint density at radius 3 is 2.59 bits per heavy atom. The highest BCUT2D eigenvalue weighted by molar-refractivity contribution is 5.76. The van der Waals surface area contributed by atoms with Crippen LogP contribution in [-0.2, 0) is 9.53 Å². The van der Waals surface area contributed by atoms with Gasteiger partial charge in [0, 0.05) is 26.2 Å². The lowest BCUT2D eigenvalue weighted by Gasteiger charge is -2.29. The monoisotopic (exact) mass is 446 g/mol. The number of fused-ring (bicyclic) bond motifs is 1. The summed E-state index contributed by atoms with van der Waals surface area (Å²) >= 11 is 0. The number of aliphatic hydroxyl groups excluding tert-OH is 1. The summed E-state index contributed by atoms with van der Waals surface area (Å²) in [5.74, 6) is 2.13. The van der Waals surface area contributed by atoms with Crippen molar-refractivity contribution >= 4 is 5.91 Å². The molecule has 2 fully saturated rings. The molecule has 0 aromatic heterocycles. The highest BCUT2D eigenvalue weighted by Gasteiger charge is 2.27. The van der Waals surface area contributed by atoms with E-state index in [1.807, 2.05) is 18.2 Å². The van der Waals surface area contributed by atoms with Gasteiger partial charge in [-0.2, -0.15) is 0 Å². The van der Waals surface area contributed by atoms with Gasteiger partial charge in [0.25, 0.3) is 0 Å². The summed E-state index contributed by atoms with van der Waals surface area (Å²) in [6, 6.07) is 5.21. The summed E-state index contributed by atoms with van der Waals surface area (Å²) in [5.41, 5.74) is 0.748. The van der Waals surface area contributed by atoms with E-state index in [0.717, 1.165) is 63.5 Å². The Labute approximate surface area is 191 Å². The van der Waals surface area contributed by atoms with Gasteiger partial charge in [0.2, 0.25) is 5.91 Å². The number of nitrogens with one attached hydrogen (secondary N) is 1. The molecule has 7 nitrogen and oxygen atoms in total. The largest absolute Gasteiger partial charge is 0.486 e. The van der Waals surface area contributed by atoms with Crippen molar-refractivity contribution in [1.82, 2.24) is 10.2 Å². The number of unbranched alkanes of at least 4 members (excludes halogenated alkanes) is 1. The number of hydrogen-bond donors (Lipinski definition) is 2. The molecule has 0 unspecified atom stereocenters. The molecule has 1 aromatic carbocycles. The molecule has 3 heterocycles. The van der Waals surface area contributed by atoms with E-state index in [-0.39, 0.29) is 11.9 Å². The number of hydrogen-bond acceptors (Lipinski definition) is 6. The van der Waals surface area contributed by atoms with Gasteiger partial charge < -0.3 is 29.5 Å². The van der Waals surface area contributed by atoms with Gasteiger partial charge in [-0.3, -0.25) is 4.79 Å².